The van der Waals surface area contributed by atoms with Crippen molar-refractivity contribution in [2.45, 2.75) is 25.8 Å². The maximum atomic E-state index is 6.87. The van der Waals surface area contributed by atoms with Crippen molar-refractivity contribution in [3.8, 4) is 0 Å². The highest BCUT2D eigenvalue weighted by molar-refractivity contribution is 5.54. The van der Waals surface area contributed by atoms with Crippen LogP contribution in [-0.2, 0) is 0 Å². The minimum Gasteiger partial charge on any atom is -0.313 e. The topological polar surface area (TPSA) is 35.9 Å². The Bertz CT molecular complexity index is 99.1. The third-order valence-electron chi connectivity index (χ3n) is 2.11. The zero-order valence-corrected chi connectivity index (χ0v) is 5.85. The largest absolute Gasteiger partial charge is 0.313 e. The molecule has 1 rings (SSSR count). The van der Waals surface area contributed by atoms with Crippen molar-refractivity contribution in [2.24, 2.45) is 5.92 Å². The Kier molecular flexibility index (Phi) is 2.22. The molecule has 0 aromatic carbocycles. The summed E-state index contributed by atoms with van der Waals surface area (Å²) in [6.07, 6.45) is 3.67. The number of hydrogen-bond donors (Lipinski definition) is 2. The molecule has 1 aliphatic rings. The fraction of sp³-hybridized carbons (Fsp3) is 0.857. The fourth-order valence-electron chi connectivity index (χ4n) is 1.28. The second-order valence-electron chi connectivity index (χ2n) is 2.62. The van der Waals surface area contributed by atoms with E-state index in [2.05, 4.69) is 12.2 Å². The van der Waals surface area contributed by atoms with Crippen LogP contribution in [0, 0.1) is 11.3 Å². The van der Waals surface area contributed by atoms with Gasteiger partial charge in [0.2, 0.25) is 0 Å². The van der Waals surface area contributed by atoms with Crippen LogP contribution in [0.4, 0.5) is 0 Å². The van der Waals surface area contributed by atoms with Gasteiger partial charge < -0.3 is 10.7 Å². The normalized spacial score (nSPS) is 33.4. The van der Waals surface area contributed by atoms with Gasteiger partial charge in [0.25, 0.3) is 0 Å². The van der Waals surface area contributed by atoms with E-state index in [0.717, 1.165) is 18.9 Å². The van der Waals surface area contributed by atoms with Gasteiger partial charge in [-0.2, -0.15) is 0 Å². The molecule has 0 aromatic rings. The van der Waals surface area contributed by atoms with Crippen molar-refractivity contribution >= 4 is 6.21 Å². The van der Waals surface area contributed by atoms with E-state index < -0.39 is 0 Å². The van der Waals surface area contributed by atoms with Crippen molar-refractivity contribution in [3.05, 3.63) is 0 Å². The highest BCUT2D eigenvalue weighted by Crippen LogP contribution is 2.18. The third kappa shape index (κ3) is 1.30. The summed E-state index contributed by atoms with van der Waals surface area (Å²) in [4.78, 5) is 0. The van der Waals surface area contributed by atoms with E-state index in [1.807, 2.05) is 0 Å². The Morgan fingerprint density at radius 3 is 2.89 bits per heavy atom. The molecule has 2 unspecified atom stereocenters. The zero-order chi connectivity index (χ0) is 6.69. The quantitative estimate of drug-likeness (QED) is 0.544. The first-order chi connectivity index (χ1) is 4.38. The molecule has 0 aliphatic carbocycles. The van der Waals surface area contributed by atoms with Crippen molar-refractivity contribution in [1.82, 2.24) is 5.32 Å². The standard InChI is InChI=1S/C7H14N2/c1-2-6-5-9-7(6)3-4-8/h4,6-9H,2-3,5H2,1H3. The number of hydrogen-bond acceptors (Lipinski definition) is 2. The monoisotopic (exact) mass is 126 g/mol. The fourth-order valence-corrected chi connectivity index (χ4v) is 1.28. The van der Waals surface area contributed by atoms with Gasteiger partial charge in [-0.05, 0) is 25.1 Å². The molecule has 2 nitrogen and oxygen atoms in total. The first kappa shape index (κ1) is 6.75. The number of rotatable bonds is 3. The van der Waals surface area contributed by atoms with Gasteiger partial charge in [-0.3, -0.25) is 0 Å². The van der Waals surface area contributed by atoms with Crippen LogP contribution in [0.1, 0.15) is 19.8 Å². The SMILES string of the molecule is CCC1CNC1CC=N. The third-order valence-corrected chi connectivity index (χ3v) is 2.11. The Labute approximate surface area is 56.2 Å². The molecule has 1 aliphatic heterocycles. The van der Waals surface area contributed by atoms with Crippen LogP contribution in [0.2, 0.25) is 0 Å². The van der Waals surface area contributed by atoms with Crippen LogP contribution in [0.3, 0.4) is 0 Å². The van der Waals surface area contributed by atoms with Crippen LogP contribution in [0.5, 0.6) is 0 Å². The molecule has 52 valence electrons. The first-order valence-electron chi connectivity index (χ1n) is 3.60. The molecule has 0 saturated carbocycles. The average molecular weight is 126 g/mol. The molecular weight excluding hydrogens is 112 g/mol. The maximum Gasteiger partial charge on any atom is 0.0157 e. The molecule has 1 saturated heterocycles. The summed E-state index contributed by atoms with van der Waals surface area (Å²) in [7, 11) is 0. The Morgan fingerprint density at radius 1 is 1.78 bits per heavy atom. The Hall–Kier alpha value is -0.370. The van der Waals surface area contributed by atoms with Crippen LogP contribution >= 0.6 is 0 Å². The molecule has 0 radical (unpaired) electrons. The summed E-state index contributed by atoms with van der Waals surface area (Å²) >= 11 is 0. The minimum absolute atomic E-state index is 0.618. The summed E-state index contributed by atoms with van der Waals surface area (Å²) in [6.45, 7) is 3.37. The van der Waals surface area contributed by atoms with Crippen LogP contribution in [-0.4, -0.2) is 18.8 Å². The Morgan fingerprint density at radius 2 is 2.56 bits per heavy atom. The molecule has 1 heterocycles. The lowest BCUT2D eigenvalue weighted by Crippen LogP contribution is -2.52. The van der Waals surface area contributed by atoms with Crippen LogP contribution in [0.25, 0.3) is 0 Å². The van der Waals surface area contributed by atoms with E-state index in [1.54, 1.807) is 0 Å². The molecule has 2 atom stereocenters. The van der Waals surface area contributed by atoms with Gasteiger partial charge in [0.15, 0.2) is 0 Å². The lowest BCUT2D eigenvalue weighted by molar-refractivity contribution is 0.232. The molecule has 1 fully saturated rings. The van der Waals surface area contributed by atoms with Gasteiger partial charge in [0, 0.05) is 6.04 Å². The van der Waals surface area contributed by atoms with Crippen LogP contribution in [0.15, 0.2) is 0 Å². The van der Waals surface area contributed by atoms with Crippen molar-refractivity contribution in [2.75, 3.05) is 6.54 Å². The summed E-state index contributed by atoms with van der Waals surface area (Å²) in [5.74, 6) is 0.839. The number of nitrogens with one attached hydrogen (secondary N) is 2. The molecule has 9 heavy (non-hydrogen) atoms. The molecule has 0 spiro atoms. The summed E-state index contributed by atoms with van der Waals surface area (Å²) in [5, 5.41) is 10.2. The highest BCUT2D eigenvalue weighted by atomic mass is 15.0. The van der Waals surface area contributed by atoms with E-state index >= 15 is 0 Å². The minimum atomic E-state index is 0.618. The van der Waals surface area contributed by atoms with E-state index in [1.165, 1.54) is 12.6 Å². The van der Waals surface area contributed by atoms with E-state index in [4.69, 9.17) is 5.41 Å². The maximum absolute atomic E-state index is 6.87. The van der Waals surface area contributed by atoms with Crippen molar-refractivity contribution < 1.29 is 0 Å². The molecular formula is C7H14N2. The van der Waals surface area contributed by atoms with Crippen LogP contribution < -0.4 is 5.32 Å². The Balaban J connectivity index is 2.18. The molecule has 0 bridgehead atoms. The van der Waals surface area contributed by atoms with Crippen molar-refractivity contribution in [3.63, 3.8) is 0 Å². The second-order valence-corrected chi connectivity index (χ2v) is 2.62. The first-order valence-corrected chi connectivity index (χ1v) is 3.60. The second kappa shape index (κ2) is 2.97. The van der Waals surface area contributed by atoms with Gasteiger partial charge in [0.1, 0.15) is 0 Å². The van der Waals surface area contributed by atoms with Gasteiger partial charge in [-0.1, -0.05) is 13.3 Å². The van der Waals surface area contributed by atoms with E-state index in [-0.39, 0.29) is 0 Å². The zero-order valence-electron chi connectivity index (χ0n) is 5.85. The summed E-state index contributed by atoms with van der Waals surface area (Å²) < 4.78 is 0. The molecule has 0 amide bonds. The predicted octanol–water partition coefficient (Wildman–Crippen LogP) is 1.02. The average Bonchev–Trinajstić information content (AvgIpc) is 1.82. The predicted molar refractivity (Wildman–Crippen MR) is 39.0 cm³/mol. The lowest BCUT2D eigenvalue weighted by atomic mass is 9.87. The lowest BCUT2D eigenvalue weighted by Gasteiger charge is -2.36. The summed E-state index contributed by atoms with van der Waals surface area (Å²) in [6, 6.07) is 0.618. The molecule has 0 aromatic heterocycles. The van der Waals surface area contributed by atoms with E-state index in [0.29, 0.717) is 6.04 Å². The molecule has 2 N–H and O–H groups in total. The smallest absolute Gasteiger partial charge is 0.0157 e. The van der Waals surface area contributed by atoms with Crippen molar-refractivity contribution in [1.29, 1.82) is 5.41 Å². The van der Waals surface area contributed by atoms with Gasteiger partial charge in [-0.15, -0.1) is 0 Å². The molecule has 2 heteroatoms. The van der Waals surface area contributed by atoms with Gasteiger partial charge in [-0.25, -0.2) is 0 Å². The summed E-state index contributed by atoms with van der Waals surface area (Å²) in [5.41, 5.74) is 0. The van der Waals surface area contributed by atoms with Gasteiger partial charge >= 0.3 is 0 Å². The van der Waals surface area contributed by atoms with E-state index in [9.17, 15) is 0 Å². The van der Waals surface area contributed by atoms with Gasteiger partial charge in [0.05, 0.1) is 0 Å². The highest BCUT2D eigenvalue weighted by Gasteiger charge is 2.26.